The van der Waals surface area contributed by atoms with Crippen molar-refractivity contribution in [1.29, 1.82) is 0 Å². The number of rotatable bonds is 5. The van der Waals surface area contributed by atoms with Gasteiger partial charge < -0.3 is 35.0 Å². The van der Waals surface area contributed by atoms with Gasteiger partial charge in [-0.1, -0.05) is 12.1 Å². The predicted molar refractivity (Wildman–Crippen MR) is 76.0 cm³/mol. The fourth-order valence-electron chi connectivity index (χ4n) is 2.63. The molecule has 1 saturated heterocycles. The molecule has 0 amide bonds. The molecule has 2 rings (SSSR count). The fraction of sp³-hybridized carbons (Fsp3) is 0.600. The van der Waals surface area contributed by atoms with Crippen LogP contribution in [0.3, 0.4) is 0 Å². The van der Waals surface area contributed by atoms with Gasteiger partial charge in [-0.3, -0.25) is 0 Å². The van der Waals surface area contributed by atoms with Gasteiger partial charge in [-0.05, 0) is 24.1 Å². The molecule has 0 saturated carbocycles. The predicted octanol–water partition coefficient (Wildman–Crippen LogP) is -0.834. The van der Waals surface area contributed by atoms with E-state index in [0.29, 0.717) is 11.3 Å². The average molecular weight is 314 g/mol. The van der Waals surface area contributed by atoms with Crippen LogP contribution in [0.15, 0.2) is 24.3 Å². The molecule has 7 nitrogen and oxygen atoms in total. The zero-order valence-corrected chi connectivity index (χ0v) is 12.2. The SMILES string of the molecule is COc1ccc(C(O)C[C@@H]2C(O)O[C@H](CO)[C@@H](O)[C@@H]2O)cc1. The molecular weight excluding hydrogens is 292 g/mol. The molecule has 0 aromatic heterocycles. The largest absolute Gasteiger partial charge is 0.497 e. The van der Waals surface area contributed by atoms with Crippen LogP contribution in [0.5, 0.6) is 5.75 Å². The van der Waals surface area contributed by atoms with Crippen molar-refractivity contribution in [2.45, 2.75) is 37.1 Å². The highest BCUT2D eigenvalue weighted by Gasteiger charge is 2.44. The van der Waals surface area contributed by atoms with Gasteiger partial charge in [-0.2, -0.15) is 0 Å². The smallest absolute Gasteiger partial charge is 0.160 e. The first-order chi connectivity index (χ1) is 10.5. The quantitative estimate of drug-likeness (QED) is 0.481. The maximum absolute atomic E-state index is 10.2. The summed E-state index contributed by atoms with van der Waals surface area (Å²) in [7, 11) is 1.54. The Bertz CT molecular complexity index is 463. The lowest BCUT2D eigenvalue weighted by Gasteiger charge is -2.40. The van der Waals surface area contributed by atoms with E-state index in [0.717, 1.165) is 0 Å². The molecule has 2 unspecified atom stereocenters. The third-order valence-electron chi connectivity index (χ3n) is 4.03. The van der Waals surface area contributed by atoms with Crippen molar-refractivity contribution >= 4 is 0 Å². The molecule has 1 aliphatic rings. The highest BCUT2D eigenvalue weighted by molar-refractivity contribution is 5.28. The Kier molecular flexibility index (Phi) is 5.74. The number of hydrogen-bond acceptors (Lipinski definition) is 7. The van der Waals surface area contributed by atoms with Crippen molar-refractivity contribution in [1.82, 2.24) is 0 Å². The zero-order chi connectivity index (χ0) is 16.3. The molecule has 0 bridgehead atoms. The Morgan fingerprint density at radius 1 is 1.14 bits per heavy atom. The van der Waals surface area contributed by atoms with Gasteiger partial charge in [0.2, 0.25) is 0 Å². The third-order valence-corrected chi connectivity index (χ3v) is 4.03. The van der Waals surface area contributed by atoms with E-state index in [2.05, 4.69) is 0 Å². The van der Waals surface area contributed by atoms with Crippen LogP contribution in [0.4, 0.5) is 0 Å². The van der Waals surface area contributed by atoms with E-state index in [1.54, 1.807) is 24.3 Å². The molecule has 1 aliphatic heterocycles. The molecule has 6 atom stereocenters. The number of ether oxygens (including phenoxy) is 2. The van der Waals surface area contributed by atoms with E-state index in [1.165, 1.54) is 7.11 Å². The maximum atomic E-state index is 10.2. The van der Waals surface area contributed by atoms with Crippen LogP contribution in [0.2, 0.25) is 0 Å². The minimum absolute atomic E-state index is 0.00384. The monoisotopic (exact) mass is 314 g/mol. The van der Waals surface area contributed by atoms with Crippen molar-refractivity contribution in [3.63, 3.8) is 0 Å². The van der Waals surface area contributed by atoms with Crippen molar-refractivity contribution in [2.24, 2.45) is 5.92 Å². The summed E-state index contributed by atoms with van der Waals surface area (Å²) in [6, 6.07) is 6.75. The van der Waals surface area contributed by atoms with Crippen molar-refractivity contribution in [3.05, 3.63) is 29.8 Å². The molecule has 0 spiro atoms. The lowest BCUT2D eigenvalue weighted by molar-refractivity contribution is -0.273. The second-order valence-corrected chi connectivity index (χ2v) is 5.42. The normalized spacial score (nSPS) is 33.5. The summed E-state index contributed by atoms with van der Waals surface area (Å²) in [5.74, 6) is -0.215. The second-order valence-electron chi connectivity index (χ2n) is 5.42. The van der Waals surface area contributed by atoms with Crippen LogP contribution in [-0.4, -0.2) is 63.9 Å². The van der Waals surface area contributed by atoms with E-state index in [9.17, 15) is 20.4 Å². The lowest BCUT2D eigenvalue weighted by Crippen LogP contribution is -2.55. The van der Waals surface area contributed by atoms with E-state index in [-0.39, 0.29) is 6.42 Å². The molecule has 0 aliphatic carbocycles. The summed E-state index contributed by atoms with van der Waals surface area (Å²) < 4.78 is 10.1. The van der Waals surface area contributed by atoms with Crippen molar-refractivity contribution in [2.75, 3.05) is 13.7 Å². The third kappa shape index (κ3) is 3.57. The Morgan fingerprint density at radius 3 is 2.32 bits per heavy atom. The summed E-state index contributed by atoms with van der Waals surface area (Å²) in [6.07, 6.45) is -5.97. The first-order valence-corrected chi connectivity index (χ1v) is 7.10. The summed E-state index contributed by atoms with van der Waals surface area (Å²) >= 11 is 0. The first-order valence-electron chi connectivity index (χ1n) is 7.10. The van der Waals surface area contributed by atoms with Crippen LogP contribution in [0.25, 0.3) is 0 Å². The lowest BCUT2D eigenvalue weighted by atomic mass is 9.85. The molecule has 7 heteroatoms. The highest BCUT2D eigenvalue weighted by Crippen LogP contribution is 2.32. The number of aliphatic hydroxyl groups is 5. The van der Waals surface area contributed by atoms with Gasteiger partial charge in [0.1, 0.15) is 18.0 Å². The van der Waals surface area contributed by atoms with Gasteiger partial charge in [-0.25, -0.2) is 0 Å². The summed E-state index contributed by atoms with van der Waals surface area (Å²) in [5.41, 5.74) is 0.596. The number of hydrogen-bond donors (Lipinski definition) is 5. The van der Waals surface area contributed by atoms with Crippen LogP contribution in [0, 0.1) is 5.92 Å². The molecule has 1 heterocycles. The van der Waals surface area contributed by atoms with Gasteiger partial charge in [0.05, 0.1) is 25.9 Å². The fourth-order valence-corrected chi connectivity index (χ4v) is 2.63. The minimum atomic E-state index is -1.37. The van der Waals surface area contributed by atoms with Crippen LogP contribution >= 0.6 is 0 Å². The van der Waals surface area contributed by atoms with Gasteiger partial charge >= 0.3 is 0 Å². The number of aliphatic hydroxyl groups excluding tert-OH is 5. The molecule has 124 valence electrons. The van der Waals surface area contributed by atoms with Gasteiger partial charge in [-0.15, -0.1) is 0 Å². The summed E-state index contributed by atoms with van der Waals surface area (Å²) in [5, 5.41) is 49.0. The van der Waals surface area contributed by atoms with E-state index < -0.39 is 43.2 Å². The molecule has 1 aromatic rings. The Labute approximate surface area is 128 Å². The van der Waals surface area contributed by atoms with E-state index >= 15 is 0 Å². The van der Waals surface area contributed by atoms with Crippen LogP contribution < -0.4 is 4.74 Å². The van der Waals surface area contributed by atoms with Crippen molar-refractivity contribution < 1.29 is 35.0 Å². The molecule has 5 N–H and O–H groups in total. The molecular formula is C15H22O7. The summed E-state index contributed by atoms with van der Waals surface area (Å²) in [4.78, 5) is 0. The topological polar surface area (TPSA) is 120 Å². The van der Waals surface area contributed by atoms with E-state index in [4.69, 9.17) is 14.6 Å². The molecule has 1 aromatic carbocycles. The van der Waals surface area contributed by atoms with Crippen LogP contribution in [0.1, 0.15) is 18.1 Å². The molecule has 22 heavy (non-hydrogen) atoms. The highest BCUT2D eigenvalue weighted by atomic mass is 16.6. The molecule has 0 radical (unpaired) electrons. The van der Waals surface area contributed by atoms with Crippen LogP contribution in [-0.2, 0) is 4.74 Å². The maximum Gasteiger partial charge on any atom is 0.160 e. The van der Waals surface area contributed by atoms with Gasteiger partial charge in [0, 0.05) is 5.92 Å². The Balaban J connectivity index is 2.04. The van der Waals surface area contributed by atoms with E-state index in [1.807, 2.05) is 0 Å². The first kappa shape index (κ1) is 17.1. The van der Waals surface area contributed by atoms with Gasteiger partial charge in [0.15, 0.2) is 6.29 Å². The number of benzene rings is 1. The zero-order valence-electron chi connectivity index (χ0n) is 12.2. The van der Waals surface area contributed by atoms with Crippen molar-refractivity contribution in [3.8, 4) is 5.75 Å². The summed E-state index contributed by atoms with van der Waals surface area (Å²) in [6.45, 7) is -0.511. The average Bonchev–Trinajstić information content (AvgIpc) is 2.54. The Morgan fingerprint density at radius 2 is 1.77 bits per heavy atom. The molecule has 1 fully saturated rings. The van der Waals surface area contributed by atoms with Gasteiger partial charge in [0.25, 0.3) is 0 Å². The standard InChI is InChI=1S/C15H22O7/c1-21-9-4-2-8(3-5-9)11(17)6-10-13(18)14(19)12(7-16)22-15(10)20/h2-5,10-20H,6-7H2,1H3/t10-,11?,12+,13+,14+,15?/m0/s1. The second kappa shape index (κ2) is 7.36. The minimum Gasteiger partial charge on any atom is -0.497 e. The number of methoxy groups -OCH3 is 1. The Hall–Kier alpha value is -1.22.